The molecular weight excluding hydrogens is 289 g/mol. The van der Waals surface area contributed by atoms with Gasteiger partial charge in [-0.2, -0.15) is 0 Å². The van der Waals surface area contributed by atoms with Crippen molar-refractivity contribution < 1.29 is 23.5 Å². The molecule has 2 amide bonds. The number of carbonyl (C=O) groups is 3. The monoisotopic (exact) mass is 299 g/mol. The van der Waals surface area contributed by atoms with Crippen molar-refractivity contribution in [3.05, 3.63) is 65.0 Å². The largest absolute Gasteiger partial charge is 0.465 e. The molecule has 1 aliphatic rings. The molecule has 6 heteroatoms. The molecule has 0 atom stereocenters. The second-order valence-corrected chi connectivity index (χ2v) is 4.64. The fourth-order valence-electron chi connectivity index (χ4n) is 2.38. The van der Waals surface area contributed by atoms with E-state index in [0.29, 0.717) is 0 Å². The highest BCUT2D eigenvalue weighted by Gasteiger charge is 2.38. The molecule has 1 heterocycles. The van der Waals surface area contributed by atoms with Gasteiger partial charge in [-0.3, -0.25) is 9.59 Å². The summed E-state index contributed by atoms with van der Waals surface area (Å²) in [6.45, 7) is 0. The minimum Gasteiger partial charge on any atom is -0.465 e. The van der Waals surface area contributed by atoms with Gasteiger partial charge in [0.15, 0.2) is 0 Å². The molecule has 0 radical (unpaired) electrons. The lowest BCUT2D eigenvalue weighted by Gasteiger charge is -2.16. The first-order valence-corrected chi connectivity index (χ1v) is 6.40. The molecule has 0 saturated heterocycles. The van der Waals surface area contributed by atoms with E-state index in [9.17, 15) is 18.8 Å². The van der Waals surface area contributed by atoms with E-state index in [1.807, 2.05) is 0 Å². The van der Waals surface area contributed by atoms with Gasteiger partial charge in [0, 0.05) is 0 Å². The van der Waals surface area contributed by atoms with Gasteiger partial charge >= 0.3 is 5.97 Å². The third-order valence-electron chi connectivity index (χ3n) is 3.40. The van der Waals surface area contributed by atoms with Gasteiger partial charge in [-0.1, -0.05) is 12.1 Å². The number of amides is 2. The highest BCUT2D eigenvalue weighted by Crippen LogP contribution is 2.31. The Morgan fingerprint density at radius 1 is 1.05 bits per heavy atom. The number of hydrogen-bond acceptors (Lipinski definition) is 4. The number of halogens is 1. The average Bonchev–Trinajstić information content (AvgIpc) is 2.77. The number of imide groups is 1. The molecule has 22 heavy (non-hydrogen) atoms. The summed E-state index contributed by atoms with van der Waals surface area (Å²) in [6, 6.07) is 9.47. The normalized spacial score (nSPS) is 13.3. The lowest BCUT2D eigenvalue weighted by Crippen LogP contribution is -2.31. The molecule has 0 aromatic heterocycles. The number of carbonyl (C=O) groups excluding carboxylic acids is 3. The summed E-state index contributed by atoms with van der Waals surface area (Å²) in [6.07, 6.45) is 0. The molecule has 0 saturated carbocycles. The topological polar surface area (TPSA) is 63.7 Å². The number of benzene rings is 2. The zero-order chi connectivity index (χ0) is 15.9. The quantitative estimate of drug-likeness (QED) is 0.631. The number of ether oxygens (including phenoxy) is 1. The summed E-state index contributed by atoms with van der Waals surface area (Å²) in [5.74, 6) is -2.55. The van der Waals surface area contributed by atoms with Crippen LogP contribution in [0.5, 0.6) is 0 Å². The van der Waals surface area contributed by atoms with Crippen LogP contribution in [0.2, 0.25) is 0 Å². The van der Waals surface area contributed by atoms with Gasteiger partial charge in [0.05, 0.1) is 29.5 Å². The molecule has 2 aromatic carbocycles. The fourth-order valence-corrected chi connectivity index (χ4v) is 2.38. The van der Waals surface area contributed by atoms with Crippen LogP contribution in [0.3, 0.4) is 0 Å². The Balaban J connectivity index is 2.14. The van der Waals surface area contributed by atoms with Crippen LogP contribution in [0, 0.1) is 5.82 Å². The van der Waals surface area contributed by atoms with Crippen molar-refractivity contribution in [3.8, 4) is 0 Å². The second kappa shape index (κ2) is 5.07. The van der Waals surface area contributed by atoms with Crippen LogP contribution in [-0.2, 0) is 4.74 Å². The summed E-state index contributed by atoms with van der Waals surface area (Å²) >= 11 is 0. The zero-order valence-electron chi connectivity index (χ0n) is 11.5. The van der Waals surface area contributed by atoms with Gasteiger partial charge in [0.1, 0.15) is 5.82 Å². The molecule has 2 aromatic rings. The maximum Gasteiger partial charge on any atom is 0.339 e. The molecule has 5 nitrogen and oxygen atoms in total. The SMILES string of the molecule is COC(=O)c1ccccc1N1C(=O)c2ccc(F)cc2C1=O. The van der Waals surface area contributed by atoms with E-state index in [2.05, 4.69) is 4.74 Å². The second-order valence-electron chi connectivity index (χ2n) is 4.64. The van der Waals surface area contributed by atoms with E-state index in [-0.39, 0.29) is 22.4 Å². The number of hydrogen-bond donors (Lipinski definition) is 0. The van der Waals surface area contributed by atoms with E-state index in [1.54, 1.807) is 12.1 Å². The molecule has 0 fully saturated rings. The summed E-state index contributed by atoms with van der Waals surface area (Å²) < 4.78 is 18.0. The van der Waals surface area contributed by atoms with Crippen LogP contribution in [0.25, 0.3) is 0 Å². The van der Waals surface area contributed by atoms with Crippen LogP contribution in [0.15, 0.2) is 42.5 Å². The smallest absolute Gasteiger partial charge is 0.339 e. The van der Waals surface area contributed by atoms with Gasteiger partial charge in [0.2, 0.25) is 0 Å². The first kappa shape index (κ1) is 13.9. The Morgan fingerprint density at radius 2 is 1.73 bits per heavy atom. The number of para-hydroxylation sites is 1. The van der Waals surface area contributed by atoms with E-state index >= 15 is 0 Å². The number of anilines is 1. The summed E-state index contributed by atoms with van der Waals surface area (Å²) in [7, 11) is 1.21. The van der Waals surface area contributed by atoms with Gasteiger partial charge in [0.25, 0.3) is 11.8 Å². The third-order valence-corrected chi connectivity index (χ3v) is 3.40. The van der Waals surface area contributed by atoms with E-state index in [4.69, 9.17) is 0 Å². The van der Waals surface area contributed by atoms with Crippen molar-refractivity contribution in [3.63, 3.8) is 0 Å². The molecule has 0 spiro atoms. The predicted molar refractivity (Wildman–Crippen MR) is 75.3 cm³/mol. The zero-order valence-corrected chi connectivity index (χ0v) is 11.5. The molecule has 0 bridgehead atoms. The Labute approximate surface area is 124 Å². The molecule has 0 aliphatic carbocycles. The maximum absolute atomic E-state index is 13.3. The van der Waals surface area contributed by atoms with Crippen molar-refractivity contribution in [1.29, 1.82) is 0 Å². The Bertz CT molecular complexity index is 816. The number of esters is 1. The van der Waals surface area contributed by atoms with Crippen LogP contribution >= 0.6 is 0 Å². The van der Waals surface area contributed by atoms with Crippen molar-refractivity contribution in [1.82, 2.24) is 0 Å². The van der Waals surface area contributed by atoms with Crippen LogP contribution in [0.1, 0.15) is 31.1 Å². The number of rotatable bonds is 2. The minimum atomic E-state index is -0.671. The Kier molecular flexibility index (Phi) is 3.21. The van der Waals surface area contributed by atoms with Crippen LogP contribution < -0.4 is 4.90 Å². The highest BCUT2D eigenvalue weighted by atomic mass is 19.1. The summed E-state index contributed by atoms with van der Waals surface area (Å²) in [5, 5.41) is 0. The van der Waals surface area contributed by atoms with Gasteiger partial charge in [-0.25, -0.2) is 14.1 Å². The lowest BCUT2D eigenvalue weighted by atomic mass is 10.1. The fraction of sp³-hybridized carbons (Fsp3) is 0.0625. The lowest BCUT2D eigenvalue weighted by molar-refractivity contribution is 0.0601. The number of methoxy groups -OCH3 is 1. The first-order valence-electron chi connectivity index (χ1n) is 6.40. The van der Waals surface area contributed by atoms with E-state index in [0.717, 1.165) is 17.0 Å². The molecule has 1 aliphatic heterocycles. The van der Waals surface area contributed by atoms with Crippen LogP contribution in [-0.4, -0.2) is 24.9 Å². The average molecular weight is 299 g/mol. The van der Waals surface area contributed by atoms with Gasteiger partial charge < -0.3 is 4.74 Å². The third kappa shape index (κ3) is 1.96. The molecule has 3 rings (SSSR count). The molecule has 0 unspecified atom stereocenters. The summed E-state index contributed by atoms with van der Waals surface area (Å²) in [4.78, 5) is 37.5. The Hall–Kier alpha value is -3.02. The molecule has 110 valence electrons. The van der Waals surface area contributed by atoms with Crippen molar-refractivity contribution in [2.45, 2.75) is 0 Å². The highest BCUT2D eigenvalue weighted by molar-refractivity contribution is 6.35. The van der Waals surface area contributed by atoms with Gasteiger partial charge in [-0.15, -0.1) is 0 Å². The predicted octanol–water partition coefficient (Wildman–Crippen LogP) is 2.41. The summed E-state index contributed by atoms with van der Waals surface area (Å²) in [5.41, 5.74) is 0.275. The van der Waals surface area contributed by atoms with Crippen molar-refractivity contribution in [2.75, 3.05) is 12.0 Å². The maximum atomic E-state index is 13.3. The number of fused-ring (bicyclic) bond motifs is 1. The first-order chi connectivity index (χ1) is 10.5. The van der Waals surface area contributed by atoms with Crippen molar-refractivity contribution >= 4 is 23.5 Å². The minimum absolute atomic E-state index is 0.0235. The van der Waals surface area contributed by atoms with E-state index in [1.165, 1.54) is 25.3 Å². The van der Waals surface area contributed by atoms with Crippen LogP contribution in [0.4, 0.5) is 10.1 Å². The van der Waals surface area contributed by atoms with E-state index < -0.39 is 23.6 Å². The standard InChI is InChI=1S/C16H10FNO4/c1-22-16(21)11-4-2-3-5-13(11)18-14(19)10-7-6-9(17)8-12(10)15(18)20/h2-8H,1H3. The Morgan fingerprint density at radius 3 is 2.45 bits per heavy atom. The number of nitrogens with zero attached hydrogens (tertiary/aromatic N) is 1. The van der Waals surface area contributed by atoms with Crippen molar-refractivity contribution in [2.24, 2.45) is 0 Å². The van der Waals surface area contributed by atoms with Gasteiger partial charge in [-0.05, 0) is 30.3 Å². The molecule has 0 N–H and O–H groups in total. The molecular formula is C16H10FNO4.